The Hall–Kier alpha value is -0.610. The molecular weight excluding hydrogens is 368 g/mol. The van der Waals surface area contributed by atoms with Crippen molar-refractivity contribution in [1.82, 2.24) is 9.78 Å². The predicted octanol–water partition coefficient (Wildman–Crippen LogP) is 4.00. The molecule has 1 heterocycles. The predicted molar refractivity (Wildman–Crippen MR) is 87.4 cm³/mol. The van der Waals surface area contributed by atoms with Crippen LogP contribution in [0.1, 0.15) is 17.0 Å². The van der Waals surface area contributed by atoms with E-state index in [1.807, 2.05) is 18.7 Å². The highest BCUT2D eigenvalue weighted by atomic mass is 79.9. The van der Waals surface area contributed by atoms with Crippen LogP contribution >= 0.6 is 31.9 Å². The van der Waals surface area contributed by atoms with Gasteiger partial charge in [-0.25, -0.2) is 0 Å². The molecule has 0 saturated carbocycles. The van der Waals surface area contributed by atoms with Crippen LogP contribution in [0, 0.1) is 6.92 Å². The summed E-state index contributed by atoms with van der Waals surface area (Å²) in [6, 6.07) is 12.8. The maximum Gasteiger partial charge on any atom is 0.0596 e. The molecule has 102 valence electrons. The zero-order valence-corrected chi connectivity index (χ0v) is 14.4. The van der Waals surface area contributed by atoms with Crippen LogP contribution < -0.4 is 0 Å². The largest absolute Gasteiger partial charge is 0.272 e. The smallest absolute Gasteiger partial charge is 0.0596 e. The van der Waals surface area contributed by atoms with Gasteiger partial charge in [-0.15, -0.1) is 0 Å². The minimum atomic E-state index is 0.0570. The topological polar surface area (TPSA) is 17.8 Å². The van der Waals surface area contributed by atoms with Gasteiger partial charge < -0.3 is 0 Å². The Kier molecular flexibility index (Phi) is 4.85. The van der Waals surface area contributed by atoms with E-state index < -0.39 is 0 Å². The van der Waals surface area contributed by atoms with Crippen molar-refractivity contribution in [2.24, 2.45) is 7.05 Å². The highest BCUT2D eigenvalue weighted by Gasteiger charge is 2.31. The summed E-state index contributed by atoms with van der Waals surface area (Å²) in [6.07, 6.45) is 0.963. The average molecular weight is 386 g/mol. The van der Waals surface area contributed by atoms with Crippen LogP contribution in [0.5, 0.6) is 0 Å². The molecule has 2 aromatic rings. The minimum absolute atomic E-state index is 0.0570. The van der Waals surface area contributed by atoms with Crippen molar-refractivity contribution in [3.63, 3.8) is 0 Å². The molecule has 2 rings (SSSR count). The lowest BCUT2D eigenvalue weighted by Gasteiger charge is -2.30. The molecule has 0 saturated heterocycles. The molecule has 0 bridgehead atoms. The van der Waals surface area contributed by atoms with Crippen LogP contribution in [0.25, 0.3) is 0 Å². The first-order chi connectivity index (χ1) is 9.11. The molecule has 0 aliphatic rings. The van der Waals surface area contributed by atoms with E-state index in [4.69, 9.17) is 0 Å². The Labute approximate surface area is 131 Å². The van der Waals surface area contributed by atoms with Gasteiger partial charge in [0.05, 0.1) is 5.69 Å². The summed E-state index contributed by atoms with van der Waals surface area (Å²) in [5, 5.41) is 6.28. The van der Waals surface area contributed by atoms with Crippen molar-refractivity contribution in [3.8, 4) is 0 Å². The number of aromatic nitrogens is 2. The van der Waals surface area contributed by atoms with E-state index in [-0.39, 0.29) is 5.41 Å². The van der Waals surface area contributed by atoms with Crippen molar-refractivity contribution in [2.45, 2.75) is 18.8 Å². The van der Waals surface area contributed by atoms with Gasteiger partial charge in [-0.1, -0.05) is 62.2 Å². The zero-order chi connectivity index (χ0) is 13.9. The second-order valence-corrected chi connectivity index (χ2v) is 6.11. The van der Waals surface area contributed by atoms with E-state index in [0.29, 0.717) is 0 Å². The number of alkyl halides is 2. The summed E-state index contributed by atoms with van der Waals surface area (Å²) in [4.78, 5) is 0. The van der Waals surface area contributed by atoms with Crippen LogP contribution in [0.4, 0.5) is 0 Å². The lowest BCUT2D eigenvalue weighted by molar-refractivity contribution is 0.523. The molecule has 2 nitrogen and oxygen atoms in total. The molecule has 0 aliphatic carbocycles. The molecule has 19 heavy (non-hydrogen) atoms. The number of rotatable bonds is 5. The minimum Gasteiger partial charge on any atom is -0.272 e. The molecule has 0 unspecified atom stereocenters. The second-order valence-electron chi connectivity index (χ2n) is 4.99. The van der Waals surface area contributed by atoms with Gasteiger partial charge in [-0.3, -0.25) is 4.68 Å². The van der Waals surface area contributed by atoms with E-state index in [1.165, 1.54) is 11.3 Å². The van der Waals surface area contributed by atoms with Crippen molar-refractivity contribution in [1.29, 1.82) is 0 Å². The Morgan fingerprint density at radius 1 is 1.16 bits per heavy atom. The summed E-state index contributed by atoms with van der Waals surface area (Å²) >= 11 is 7.40. The van der Waals surface area contributed by atoms with Crippen molar-refractivity contribution >= 4 is 31.9 Å². The molecule has 0 radical (unpaired) electrons. The van der Waals surface area contributed by atoms with Gasteiger partial charge in [-0.2, -0.15) is 5.10 Å². The van der Waals surface area contributed by atoms with Gasteiger partial charge in [-0.05, 0) is 18.6 Å². The van der Waals surface area contributed by atoms with Crippen LogP contribution in [0.3, 0.4) is 0 Å². The third-order valence-electron chi connectivity index (χ3n) is 3.52. The fraction of sp³-hybridized carbons (Fsp3) is 0.400. The molecule has 0 atom stereocenters. The molecule has 4 heteroatoms. The van der Waals surface area contributed by atoms with Crippen molar-refractivity contribution in [2.75, 3.05) is 10.7 Å². The van der Waals surface area contributed by atoms with Crippen molar-refractivity contribution in [3.05, 3.63) is 53.3 Å². The number of hydrogen-bond acceptors (Lipinski definition) is 1. The number of hydrogen-bond donors (Lipinski definition) is 0. The third kappa shape index (κ3) is 3.11. The number of benzene rings is 1. The fourth-order valence-corrected chi connectivity index (χ4v) is 4.33. The Bertz CT molecular complexity index is 530. The highest BCUT2D eigenvalue weighted by Crippen LogP contribution is 2.32. The van der Waals surface area contributed by atoms with Gasteiger partial charge in [0.15, 0.2) is 0 Å². The third-order valence-corrected chi connectivity index (χ3v) is 5.66. The maximum absolute atomic E-state index is 4.44. The number of halogens is 2. The maximum atomic E-state index is 4.44. The van der Waals surface area contributed by atoms with E-state index in [0.717, 1.165) is 22.8 Å². The highest BCUT2D eigenvalue weighted by molar-refractivity contribution is 9.09. The lowest BCUT2D eigenvalue weighted by Crippen LogP contribution is -2.33. The fourth-order valence-electron chi connectivity index (χ4n) is 2.35. The quantitative estimate of drug-likeness (QED) is 0.711. The van der Waals surface area contributed by atoms with Crippen LogP contribution in [0.2, 0.25) is 0 Å². The Morgan fingerprint density at radius 2 is 1.79 bits per heavy atom. The van der Waals surface area contributed by atoms with E-state index in [9.17, 15) is 0 Å². The molecule has 0 spiro atoms. The van der Waals surface area contributed by atoms with Crippen molar-refractivity contribution < 1.29 is 0 Å². The normalized spacial score (nSPS) is 11.8. The van der Waals surface area contributed by atoms with Gasteiger partial charge in [0, 0.05) is 35.2 Å². The van der Waals surface area contributed by atoms with Crippen LogP contribution in [-0.4, -0.2) is 20.4 Å². The van der Waals surface area contributed by atoms with E-state index in [2.05, 4.69) is 73.4 Å². The standard InChI is InChI=1S/C15H18Br2N2/c1-12-8-14(19(2)18-12)9-15(10-16,11-17)13-6-4-3-5-7-13/h3-8H,9-11H2,1-2H3. The molecule has 0 fully saturated rings. The Balaban J connectivity index is 2.38. The molecule has 1 aromatic carbocycles. The first-order valence-electron chi connectivity index (χ1n) is 6.28. The van der Waals surface area contributed by atoms with E-state index in [1.54, 1.807) is 0 Å². The summed E-state index contributed by atoms with van der Waals surface area (Å²) < 4.78 is 1.98. The number of aryl methyl sites for hydroxylation is 2. The summed E-state index contributed by atoms with van der Waals surface area (Å²) in [6.45, 7) is 2.04. The summed E-state index contributed by atoms with van der Waals surface area (Å²) in [7, 11) is 2.01. The summed E-state index contributed by atoms with van der Waals surface area (Å²) in [5.41, 5.74) is 3.74. The van der Waals surface area contributed by atoms with Gasteiger partial charge in [0.1, 0.15) is 0 Å². The first-order valence-corrected chi connectivity index (χ1v) is 8.52. The molecule has 1 aromatic heterocycles. The molecular formula is C15H18Br2N2. The summed E-state index contributed by atoms with van der Waals surface area (Å²) in [5.74, 6) is 0. The van der Waals surface area contributed by atoms with Crippen LogP contribution in [0.15, 0.2) is 36.4 Å². The van der Waals surface area contributed by atoms with Gasteiger partial charge >= 0.3 is 0 Å². The van der Waals surface area contributed by atoms with E-state index >= 15 is 0 Å². The monoisotopic (exact) mass is 384 g/mol. The molecule has 0 N–H and O–H groups in total. The zero-order valence-electron chi connectivity index (χ0n) is 11.2. The van der Waals surface area contributed by atoms with Gasteiger partial charge in [0.25, 0.3) is 0 Å². The molecule has 0 amide bonds. The Morgan fingerprint density at radius 3 is 2.26 bits per heavy atom. The first kappa shape index (κ1) is 14.8. The lowest BCUT2D eigenvalue weighted by atomic mass is 9.80. The van der Waals surface area contributed by atoms with Gasteiger partial charge in [0.2, 0.25) is 0 Å². The molecule has 0 aliphatic heterocycles. The van der Waals surface area contributed by atoms with Crippen LogP contribution in [-0.2, 0) is 18.9 Å². The SMILES string of the molecule is Cc1cc(CC(CBr)(CBr)c2ccccc2)n(C)n1. The second kappa shape index (κ2) is 6.23. The average Bonchev–Trinajstić information content (AvgIpc) is 2.75. The number of nitrogens with zero attached hydrogens (tertiary/aromatic N) is 2.